The third-order valence-corrected chi connectivity index (χ3v) is 4.76. The first kappa shape index (κ1) is 18.3. The van der Waals surface area contributed by atoms with Crippen molar-refractivity contribution in [1.29, 1.82) is 0 Å². The summed E-state index contributed by atoms with van der Waals surface area (Å²) in [6.07, 6.45) is 2.68. The zero-order valence-corrected chi connectivity index (χ0v) is 16.1. The molecule has 2 N–H and O–H groups in total. The zero-order chi connectivity index (χ0) is 19.7. The van der Waals surface area contributed by atoms with E-state index in [4.69, 9.17) is 9.47 Å². The van der Waals surface area contributed by atoms with Crippen LogP contribution in [0.4, 0.5) is 5.69 Å². The lowest BCUT2D eigenvalue weighted by molar-refractivity contribution is 0.0937. The predicted molar refractivity (Wildman–Crippen MR) is 103 cm³/mol. The topological polar surface area (TPSA) is 94.5 Å². The van der Waals surface area contributed by atoms with Crippen molar-refractivity contribution in [3.63, 3.8) is 0 Å². The molecule has 148 valence electrons. The van der Waals surface area contributed by atoms with Gasteiger partial charge in [0.2, 0.25) is 0 Å². The summed E-state index contributed by atoms with van der Waals surface area (Å²) in [6.45, 7) is 5.47. The maximum Gasteiger partial charge on any atom is 0.291 e. The van der Waals surface area contributed by atoms with E-state index in [-0.39, 0.29) is 23.7 Å². The Morgan fingerprint density at radius 2 is 1.89 bits per heavy atom. The summed E-state index contributed by atoms with van der Waals surface area (Å²) in [4.78, 5) is 29.9. The smallest absolute Gasteiger partial charge is 0.291 e. The van der Waals surface area contributed by atoms with Crippen LogP contribution in [-0.4, -0.2) is 40.6 Å². The Kier molecular flexibility index (Phi) is 4.93. The molecule has 0 bridgehead atoms. The number of aromatic nitrogens is 2. The molecular formula is C20H24N4O4. The molecule has 2 aliphatic rings. The van der Waals surface area contributed by atoms with E-state index >= 15 is 0 Å². The second-order valence-corrected chi connectivity index (χ2v) is 7.28. The van der Waals surface area contributed by atoms with Crippen LogP contribution in [0.2, 0.25) is 0 Å². The van der Waals surface area contributed by atoms with Crippen molar-refractivity contribution in [3.8, 4) is 11.5 Å². The molecule has 0 spiro atoms. The molecule has 8 heteroatoms. The summed E-state index contributed by atoms with van der Waals surface area (Å²) in [6, 6.07) is 5.27. The highest BCUT2D eigenvalue weighted by Crippen LogP contribution is 2.32. The third kappa shape index (κ3) is 3.54. The standard InChI is InChI=1S/C20H24N4O4/c1-12(2)21-19(25)17-14-5-3-4-8-24(14)18(23-17)20(26)22-13-6-7-15-16(11-13)28-10-9-27-15/h6-7,11-12H,3-5,8-10H2,1-2H3,(H,21,25)(H,22,26). The molecule has 0 fully saturated rings. The third-order valence-electron chi connectivity index (χ3n) is 4.76. The Labute approximate surface area is 163 Å². The minimum Gasteiger partial charge on any atom is -0.486 e. The van der Waals surface area contributed by atoms with E-state index < -0.39 is 0 Å². The number of benzene rings is 1. The first-order valence-corrected chi connectivity index (χ1v) is 9.64. The van der Waals surface area contributed by atoms with Crippen molar-refractivity contribution in [2.45, 2.75) is 45.7 Å². The van der Waals surface area contributed by atoms with Gasteiger partial charge in [-0.05, 0) is 45.2 Å². The van der Waals surface area contributed by atoms with Gasteiger partial charge in [0.15, 0.2) is 17.3 Å². The first-order valence-electron chi connectivity index (χ1n) is 9.64. The number of nitrogens with zero attached hydrogens (tertiary/aromatic N) is 2. The van der Waals surface area contributed by atoms with Crippen LogP contribution in [0.25, 0.3) is 0 Å². The van der Waals surface area contributed by atoms with E-state index in [9.17, 15) is 9.59 Å². The average molecular weight is 384 g/mol. The van der Waals surface area contributed by atoms with Crippen LogP contribution in [-0.2, 0) is 13.0 Å². The molecule has 1 aromatic heterocycles. The van der Waals surface area contributed by atoms with E-state index in [2.05, 4.69) is 15.6 Å². The number of anilines is 1. The van der Waals surface area contributed by atoms with E-state index in [0.717, 1.165) is 25.0 Å². The van der Waals surface area contributed by atoms with E-state index in [0.29, 0.717) is 42.6 Å². The lowest BCUT2D eigenvalue weighted by Gasteiger charge is -2.19. The van der Waals surface area contributed by atoms with Crippen molar-refractivity contribution >= 4 is 17.5 Å². The number of amides is 2. The average Bonchev–Trinajstić information content (AvgIpc) is 3.07. The molecule has 4 rings (SSSR count). The van der Waals surface area contributed by atoms with Gasteiger partial charge >= 0.3 is 0 Å². The van der Waals surface area contributed by atoms with Gasteiger partial charge < -0.3 is 24.7 Å². The van der Waals surface area contributed by atoms with E-state index in [1.165, 1.54) is 0 Å². The highest BCUT2D eigenvalue weighted by Gasteiger charge is 2.28. The summed E-state index contributed by atoms with van der Waals surface area (Å²) < 4.78 is 12.9. The largest absolute Gasteiger partial charge is 0.486 e. The van der Waals surface area contributed by atoms with Gasteiger partial charge in [-0.2, -0.15) is 0 Å². The summed E-state index contributed by atoms with van der Waals surface area (Å²) >= 11 is 0. The molecule has 0 unspecified atom stereocenters. The number of carbonyl (C=O) groups is 2. The van der Waals surface area contributed by atoms with Gasteiger partial charge in [-0.1, -0.05) is 0 Å². The Balaban J connectivity index is 1.60. The molecule has 0 radical (unpaired) electrons. The number of hydrogen-bond acceptors (Lipinski definition) is 5. The summed E-state index contributed by atoms with van der Waals surface area (Å²) in [5.41, 5.74) is 1.77. The molecule has 0 atom stereocenters. The van der Waals surface area contributed by atoms with Crippen molar-refractivity contribution in [2.75, 3.05) is 18.5 Å². The second-order valence-electron chi connectivity index (χ2n) is 7.28. The van der Waals surface area contributed by atoms with Gasteiger partial charge in [0.25, 0.3) is 11.8 Å². The molecule has 3 heterocycles. The van der Waals surface area contributed by atoms with Gasteiger partial charge in [0, 0.05) is 24.3 Å². The fraction of sp³-hybridized carbons (Fsp3) is 0.450. The number of imidazole rings is 1. The summed E-state index contributed by atoms with van der Waals surface area (Å²) in [7, 11) is 0. The number of nitrogens with one attached hydrogen (secondary N) is 2. The molecule has 0 saturated carbocycles. The molecule has 2 aliphatic heterocycles. The summed E-state index contributed by atoms with van der Waals surface area (Å²) in [5.74, 6) is 0.947. The number of ether oxygens (including phenoxy) is 2. The highest BCUT2D eigenvalue weighted by atomic mass is 16.6. The van der Waals surface area contributed by atoms with Gasteiger partial charge in [-0.25, -0.2) is 4.98 Å². The minimum absolute atomic E-state index is 0.00318. The SMILES string of the molecule is CC(C)NC(=O)c1nc(C(=O)Nc2ccc3c(c2)OCCO3)n2c1CCCC2. The van der Waals surface area contributed by atoms with E-state index in [1.54, 1.807) is 18.2 Å². The van der Waals surface area contributed by atoms with Crippen molar-refractivity contribution < 1.29 is 19.1 Å². The van der Waals surface area contributed by atoms with Crippen LogP contribution in [0, 0.1) is 0 Å². The normalized spacial score (nSPS) is 15.1. The van der Waals surface area contributed by atoms with Crippen LogP contribution in [0.1, 0.15) is 53.5 Å². The van der Waals surface area contributed by atoms with E-state index in [1.807, 2.05) is 18.4 Å². The summed E-state index contributed by atoms with van der Waals surface area (Å²) in [5, 5.41) is 5.73. The predicted octanol–water partition coefficient (Wildman–Crippen LogP) is 2.38. The molecule has 0 saturated heterocycles. The molecule has 28 heavy (non-hydrogen) atoms. The monoisotopic (exact) mass is 384 g/mol. The Hall–Kier alpha value is -3.03. The Morgan fingerprint density at radius 1 is 1.11 bits per heavy atom. The highest BCUT2D eigenvalue weighted by molar-refractivity contribution is 6.04. The van der Waals surface area contributed by atoms with Crippen LogP contribution in [0.3, 0.4) is 0 Å². The van der Waals surface area contributed by atoms with Crippen LogP contribution in [0.15, 0.2) is 18.2 Å². The van der Waals surface area contributed by atoms with Gasteiger partial charge in [0.05, 0.1) is 5.69 Å². The fourth-order valence-electron chi connectivity index (χ4n) is 3.54. The van der Waals surface area contributed by atoms with Crippen LogP contribution < -0.4 is 20.1 Å². The quantitative estimate of drug-likeness (QED) is 0.844. The zero-order valence-electron chi connectivity index (χ0n) is 16.1. The van der Waals surface area contributed by atoms with Gasteiger partial charge in [0.1, 0.15) is 18.9 Å². The molecule has 1 aromatic carbocycles. The molecular weight excluding hydrogens is 360 g/mol. The lowest BCUT2D eigenvalue weighted by Crippen LogP contribution is -2.31. The van der Waals surface area contributed by atoms with Crippen LogP contribution >= 0.6 is 0 Å². The number of rotatable bonds is 4. The fourth-order valence-corrected chi connectivity index (χ4v) is 3.54. The Bertz CT molecular complexity index is 919. The maximum atomic E-state index is 12.9. The minimum atomic E-state index is -0.344. The van der Waals surface area contributed by atoms with Crippen LogP contribution in [0.5, 0.6) is 11.5 Å². The van der Waals surface area contributed by atoms with Crippen molar-refractivity contribution in [3.05, 3.63) is 35.4 Å². The molecule has 2 amide bonds. The molecule has 8 nitrogen and oxygen atoms in total. The lowest BCUT2D eigenvalue weighted by atomic mass is 10.1. The number of fused-ring (bicyclic) bond motifs is 2. The second kappa shape index (κ2) is 7.53. The Morgan fingerprint density at radius 3 is 2.68 bits per heavy atom. The first-order chi connectivity index (χ1) is 13.5. The van der Waals surface area contributed by atoms with Gasteiger partial charge in [-0.3, -0.25) is 9.59 Å². The van der Waals surface area contributed by atoms with Crippen molar-refractivity contribution in [2.24, 2.45) is 0 Å². The van der Waals surface area contributed by atoms with Crippen molar-refractivity contribution in [1.82, 2.24) is 14.9 Å². The molecule has 0 aliphatic carbocycles. The number of hydrogen-bond donors (Lipinski definition) is 2. The maximum absolute atomic E-state index is 12.9. The molecule has 2 aromatic rings. The number of carbonyl (C=O) groups excluding carboxylic acids is 2. The van der Waals surface area contributed by atoms with Gasteiger partial charge in [-0.15, -0.1) is 0 Å².